The largest absolute Gasteiger partial charge is 0.342 e. The summed E-state index contributed by atoms with van der Waals surface area (Å²) in [5.74, 6) is 0.987. The summed E-state index contributed by atoms with van der Waals surface area (Å²) in [4.78, 5) is 14.7. The first-order chi connectivity index (χ1) is 9.04. The van der Waals surface area contributed by atoms with Gasteiger partial charge in [0.2, 0.25) is 5.91 Å². The predicted molar refractivity (Wildman–Crippen MR) is 85.4 cm³/mol. The molecule has 1 rings (SSSR count). The molecule has 2 N–H and O–H groups in total. The molecule has 0 aromatic rings. The zero-order valence-electron chi connectivity index (χ0n) is 14.3. The topological polar surface area (TPSA) is 46.3 Å². The molecule has 1 unspecified atom stereocenters. The number of nitrogens with two attached hydrogens (primary N) is 1. The minimum Gasteiger partial charge on any atom is -0.342 e. The normalized spacial score (nSPS) is 20.1. The number of hydrogen-bond donors (Lipinski definition) is 1. The van der Waals surface area contributed by atoms with E-state index >= 15 is 0 Å². The van der Waals surface area contributed by atoms with E-state index in [0.717, 1.165) is 38.3 Å². The van der Waals surface area contributed by atoms with Gasteiger partial charge < -0.3 is 10.6 Å². The number of nitrogens with zero attached hydrogens (tertiary/aromatic N) is 1. The van der Waals surface area contributed by atoms with Crippen LogP contribution in [0.15, 0.2) is 0 Å². The lowest BCUT2D eigenvalue weighted by atomic mass is 9.75. The molecule has 0 saturated carbocycles. The molecule has 1 aliphatic heterocycles. The highest BCUT2D eigenvalue weighted by molar-refractivity contribution is 5.79. The van der Waals surface area contributed by atoms with Crippen LogP contribution in [0.1, 0.15) is 60.8 Å². The highest BCUT2D eigenvalue weighted by Gasteiger charge is 2.33. The molecule has 118 valence electrons. The van der Waals surface area contributed by atoms with Crippen LogP contribution >= 0.6 is 0 Å². The average molecular weight is 282 g/mol. The van der Waals surface area contributed by atoms with E-state index in [2.05, 4.69) is 41.5 Å². The van der Waals surface area contributed by atoms with Gasteiger partial charge in [-0.15, -0.1) is 0 Å². The number of carbonyl (C=O) groups is 1. The lowest BCUT2D eigenvalue weighted by Crippen LogP contribution is -2.46. The second-order valence-corrected chi connectivity index (χ2v) is 8.66. The molecule has 1 fully saturated rings. The summed E-state index contributed by atoms with van der Waals surface area (Å²) in [6.45, 7) is 15.7. The van der Waals surface area contributed by atoms with Crippen molar-refractivity contribution in [2.24, 2.45) is 28.4 Å². The van der Waals surface area contributed by atoms with Crippen LogP contribution in [0, 0.1) is 22.7 Å². The summed E-state index contributed by atoms with van der Waals surface area (Å²) in [7, 11) is 0. The molecule has 1 heterocycles. The van der Waals surface area contributed by atoms with Crippen molar-refractivity contribution in [2.75, 3.05) is 19.6 Å². The summed E-state index contributed by atoms with van der Waals surface area (Å²) in [5.41, 5.74) is 6.35. The van der Waals surface area contributed by atoms with Crippen LogP contribution < -0.4 is 5.73 Å². The molecule has 1 saturated heterocycles. The smallest absolute Gasteiger partial charge is 0.226 e. The van der Waals surface area contributed by atoms with Gasteiger partial charge in [-0.25, -0.2) is 0 Å². The van der Waals surface area contributed by atoms with E-state index in [1.54, 1.807) is 0 Å². The van der Waals surface area contributed by atoms with Crippen LogP contribution in [-0.4, -0.2) is 30.4 Å². The Morgan fingerprint density at radius 3 is 2.00 bits per heavy atom. The van der Waals surface area contributed by atoms with Gasteiger partial charge >= 0.3 is 0 Å². The van der Waals surface area contributed by atoms with Crippen LogP contribution in [0.5, 0.6) is 0 Å². The Labute approximate surface area is 125 Å². The monoisotopic (exact) mass is 282 g/mol. The number of amides is 1. The maximum absolute atomic E-state index is 12.6. The van der Waals surface area contributed by atoms with Gasteiger partial charge in [0, 0.05) is 19.6 Å². The van der Waals surface area contributed by atoms with Gasteiger partial charge in [-0.3, -0.25) is 4.79 Å². The summed E-state index contributed by atoms with van der Waals surface area (Å²) in [5, 5.41) is 0. The highest BCUT2D eigenvalue weighted by Crippen LogP contribution is 2.35. The first-order valence-electron chi connectivity index (χ1n) is 8.03. The molecule has 0 radical (unpaired) electrons. The van der Waals surface area contributed by atoms with Gasteiger partial charge in [0.15, 0.2) is 0 Å². The Hall–Kier alpha value is -0.570. The van der Waals surface area contributed by atoms with Crippen LogP contribution in [0.2, 0.25) is 0 Å². The van der Waals surface area contributed by atoms with Crippen LogP contribution in [0.3, 0.4) is 0 Å². The van der Waals surface area contributed by atoms with E-state index in [1.165, 1.54) is 0 Å². The van der Waals surface area contributed by atoms with Gasteiger partial charge in [0.25, 0.3) is 0 Å². The molecule has 3 nitrogen and oxygen atoms in total. The van der Waals surface area contributed by atoms with E-state index in [1.807, 2.05) is 4.90 Å². The first kappa shape index (κ1) is 17.5. The fourth-order valence-electron chi connectivity index (χ4n) is 3.23. The van der Waals surface area contributed by atoms with Crippen LogP contribution in [0.25, 0.3) is 0 Å². The maximum Gasteiger partial charge on any atom is 0.226 e. The Bertz CT molecular complexity index is 317. The fraction of sp³-hybridized carbons (Fsp3) is 0.941. The van der Waals surface area contributed by atoms with Gasteiger partial charge in [0.1, 0.15) is 0 Å². The SMILES string of the molecule is CC(C)(C)CC(CN)C(=O)N1CCC(C(C)(C)C)CC1. The van der Waals surface area contributed by atoms with E-state index < -0.39 is 0 Å². The summed E-state index contributed by atoms with van der Waals surface area (Å²) in [6.07, 6.45) is 3.13. The molecule has 20 heavy (non-hydrogen) atoms. The number of likely N-dealkylation sites (tertiary alicyclic amines) is 1. The van der Waals surface area contributed by atoms with E-state index in [4.69, 9.17) is 5.73 Å². The van der Waals surface area contributed by atoms with Gasteiger partial charge in [-0.2, -0.15) is 0 Å². The van der Waals surface area contributed by atoms with Crippen molar-refractivity contribution in [1.82, 2.24) is 4.90 Å². The number of carbonyl (C=O) groups excluding carboxylic acids is 1. The maximum atomic E-state index is 12.6. The standard InChI is InChI=1S/C17H34N2O/c1-16(2,3)11-13(12-18)15(20)19-9-7-14(8-10-19)17(4,5)6/h13-14H,7-12,18H2,1-6H3. The highest BCUT2D eigenvalue weighted by atomic mass is 16.2. The Morgan fingerprint density at radius 1 is 1.15 bits per heavy atom. The number of piperidine rings is 1. The molecule has 1 aliphatic rings. The van der Waals surface area contributed by atoms with Gasteiger partial charge in [0.05, 0.1) is 5.92 Å². The molecular formula is C17H34N2O. The summed E-state index contributed by atoms with van der Waals surface area (Å²) < 4.78 is 0. The van der Waals surface area contributed by atoms with Crippen molar-refractivity contribution < 1.29 is 4.79 Å². The van der Waals surface area contributed by atoms with Crippen molar-refractivity contribution in [2.45, 2.75) is 60.8 Å². The Balaban J connectivity index is 2.57. The third-order valence-corrected chi connectivity index (χ3v) is 4.52. The Morgan fingerprint density at radius 2 is 1.65 bits per heavy atom. The molecule has 0 spiro atoms. The first-order valence-corrected chi connectivity index (χ1v) is 8.03. The van der Waals surface area contributed by atoms with Crippen LogP contribution in [-0.2, 0) is 4.79 Å². The zero-order valence-corrected chi connectivity index (χ0v) is 14.3. The van der Waals surface area contributed by atoms with E-state index in [-0.39, 0.29) is 17.2 Å². The second kappa shape index (κ2) is 6.46. The molecular weight excluding hydrogens is 248 g/mol. The molecule has 3 heteroatoms. The lowest BCUT2D eigenvalue weighted by Gasteiger charge is -2.40. The predicted octanol–water partition coefficient (Wildman–Crippen LogP) is 3.28. The lowest BCUT2D eigenvalue weighted by molar-refractivity contribution is -0.138. The number of hydrogen-bond acceptors (Lipinski definition) is 2. The van der Waals surface area contributed by atoms with Crippen molar-refractivity contribution in [3.8, 4) is 0 Å². The second-order valence-electron chi connectivity index (χ2n) is 8.66. The minimum atomic E-state index is -0.0128. The molecule has 1 atom stereocenters. The molecule has 0 aromatic carbocycles. The van der Waals surface area contributed by atoms with Crippen molar-refractivity contribution in [3.63, 3.8) is 0 Å². The van der Waals surface area contributed by atoms with Gasteiger partial charge in [-0.05, 0) is 36.0 Å². The fourth-order valence-corrected chi connectivity index (χ4v) is 3.23. The summed E-state index contributed by atoms with van der Waals surface area (Å²) in [6, 6.07) is 0. The number of rotatable bonds is 3. The molecule has 1 amide bonds. The molecule has 0 aliphatic carbocycles. The molecule has 0 bridgehead atoms. The van der Waals surface area contributed by atoms with E-state index in [9.17, 15) is 4.79 Å². The minimum absolute atomic E-state index is 0.0128. The third kappa shape index (κ3) is 5.08. The third-order valence-electron chi connectivity index (χ3n) is 4.52. The van der Waals surface area contributed by atoms with Crippen molar-refractivity contribution in [3.05, 3.63) is 0 Å². The van der Waals surface area contributed by atoms with Crippen LogP contribution in [0.4, 0.5) is 0 Å². The quantitative estimate of drug-likeness (QED) is 0.863. The van der Waals surface area contributed by atoms with E-state index in [0.29, 0.717) is 12.0 Å². The Kier molecular flexibility index (Phi) is 5.65. The zero-order chi connectivity index (χ0) is 15.6. The summed E-state index contributed by atoms with van der Waals surface area (Å²) >= 11 is 0. The van der Waals surface area contributed by atoms with Crippen molar-refractivity contribution in [1.29, 1.82) is 0 Å². The van der Waals surface area contributed by atoms with Crippen molar-refractivity contribution >= 4 is 5.91 Å². The average Bonchev–Trinajstić information content (AvgIpc) is 2.33. The molecule has 0 aromatic heterocycles. The van der Waals surface area contributed by atoms with Gasteiger partial charge in [-0.1, -0.05) is 41.5 Å².